The molecule has 0 saturated carbocycles. The van der Waals surface area contributed by atoms with Crippen molar-refractivity contribution in [3.05, 3.63) is 106 Å². The van der Waals surface area contributed by atoms with Gasteiger partial charge in [0, 0.05) is 23.8 Å². The lowest BCUT2D eigenvalue weighted by molar-refractivity contribution is -0.384. The molecule has 3 heterocycles. The summed E-state index contributed by atoms with van der Waals surface area (Å²) in [5.74, 6) is 0.0259. The zero-order valence-electron chi connectivity index (χ0n) is 25.6. The summed E-state index contributed by atoms with van der Waals surface area (Å²) < 4.78 is 29.0. The Hall–Kier alpha value is -5.21. The summed E-state index contributed by atoms with van der Waals surface area (Å²) in [5, 5.41) is 11.2. The fourth-order valence-corrected chi connectivity index (χ4v) is 6.20. The highest BCUT2D eigenvalue weighted by Gasteiger charge is 2.34. The average Bonchev–Trinajstić information content (AvgIpc) is 3.63. The lowest BCUT2D eigenvalue weighted by Crippen LogP contribution is -2.40. The van der Waals surface area contributed by atoms with Crippen LogP contribution in [0.4, 0.5) is 5.69 Å². The van der Waals surface area contributed by atoms with E-state index in [0.29, 0.717) is 38.9 Å². The van der Waals surface area contributed by atoms with Gasteiger partial charge in [0.2, 0.25) is 0 Å². The molecule has 0 spiro atoms. The first kappa shape index (κ1) is 33.2. The number of carbonyl (C=O) groups is 2. The molecule has 244 valence electrons. The Morgan fingerprint density at radius 2 is 1.89 bits per heavy atom. The summed E-state index contributed by atoms with van der Waals surface area (Å²) in [6, 6.07) is 11.3. The minimum atomic E-state index is -0.938. The van der Waals surface area contributed by atoms with Gasteiger partial charge in [-0.25, -0.2) is 14.6 Å². The zero-order chi connectivity index (χ0) is 33.8. The van der Waals surface area contributed by atoms with Crippen LogP contribution in [0.3, 0.4) is 0 Å². The summed E-state index contributed by atoms with van der Waals surface area (Å²) in [4.78, 5) is 54.5. The van der Waals surface area contributed by atoms with Crippen LogP contribution in [0.5, 0.6) is 11.5 Å². The number of ether oxygens (including phenoxy) is 4. The van der Waals surface area contributed by atoms with Crippen molar-refractivity contribution in [1.29, 1.82) is 0 Å². The number of thiazole rings is 1. The van der Waals surface area contributed by atoms with Gasteiger partial charge in [-0.2, -0.15) is 0 Å². The number of nitro groups is 1. The number of aromatic nitrogens is 1. The molecule has 47 heavy (non-hydrogen) atoms. The topological polar surface area (TPSA) is 162 Å². The van der Waals surface area contributed by atoms with E-state index in [4.69, 9.17) is 30.2 Å². The van der Waals surface area contributed by atoms with Crippen LogP contribution in [0.25, 0.3) is 17.4 Å². The maximum Gasteiger partial charge on any atom is 0.343 e. The number of fused-ring (bicyclic) bond motifs is 1. The summed E-state index contributed by atoms with van der Waals surface area (Å²) in [6.45, 7) is 5.17. The quantitative estimate of drug-likeness (QED) is 0.125. The number of methoxy groups -OCH3 is 1. The van der Waals surface area contributed by atoms with Gasteiger partial charge in [-0.05, 0) is 56.7 Å². The number of halogens is 1. The summed E-state index contributed by atoms with van der Waals surface area (Å²) in [7, 11) is 1.25. The third-order valence-electron chi connectivity index (χ3n) is 7.00. The maximum atomic E-state index is 14.0. The molecule has 1 aliphatic rings. The van der Waals surface area contributed by atoms with Crippen LogP contribution in [0.15, 0.2) is 74.0 Å². The number of esters is 2. The van der Waals surface area contributed by atoms with E-state index < -0.39 is 28.5 Å². The van der Waals surface area contributed by atoms with Crippen LogP contribution >= 0.6 is 22.9 Å². The number of furan rings is 1. The predicted molar refractivity (Wildman–Crippen MR) is 171 cm³/mol. The van der Waals surface area contributed by atoms with E-state index in [0.717, 1.165) is 11.3 Å². The van der Waals surface area contributed by atoms with Crippen LogP contribution in [0.1, 0.15) is 38.1 Å². The highest BCUT2D eigenvalue weighted by atomic mass is 35.5. The maximum absolute atomic E-state index is 14.0. The van der Waals surface area contributed by atoms with Crippen molar-refractivity contribution >= 4 is 46.6 Å². The third kappa shape index (κ3) is 6.83. The Labute approximate surface area is 276 Å². The molecular formula is C32H28ClN3O10S. The number of nitro benzene ring substituents is 1. The smallest absolute Gasteiger partial charge is 0.343 e. The fraction of sp³-hybridized carbons (Fsp3) is 0.250. The second-order valence-electron chi connectivity index (χ2n) is 9.93. The first-order valence-electron chi connectivity index (χ1n) is 14.3. The van der Waals surface area contributed by atoms with E-state index in [1.54, 1.807) is 57.2 Å². The van der Waals surface area contributed by atoms with E-state index in [-0.39, 0.29) is 46.4 Å². The summed E-state index contributed by atoms with van der Waals surface area (Å²) >= 11 is 7.39. The van der Waals surface area contributed by atoms with Gasteiger partial charge >= 0.3 is 11.9 Å². The summed E-state index contributed by atoms with van der Waals surface area (Å²) in [5.41, 5.74) is 0.899. The monoisotopic (exact) mass is 681 g/mol. The largest absolute Gasteiger partial charge is 0.490 e. The molecule has 1 aliphatic heterocycles. The van der Waals surface area contributed by atoms with Crippen LogP contribution in [-0.2, 0) is 19.1 Å². The van der Waals surface area contributed by atoms with Crippen molar-refractivity contribution in [2.45, 2.75) is 26.8 Å². The van der Waals surface area contributed by atoms with Crippen molar-refractivity contribution in [3.8, 4) is 22.8 Å². The average molecular weight is 682 g/mol. The molecule has 0 amide bonds. The second-order valence-corrected chi connectivity index (χ2v) is 11.3. The number of hydrogen-bond donors (Lipinski definition) is 0. The van der Waals surface area contributed by atoms with E-state index in [2.05, 4.69) is 9.73 Å². The molecule has 0 aliphatic carbocycles. The van der Waals surface area contributed by atoms with Gasteiger partial charge in [-0.3, -0.25) is 19.5 Å². The van der Waals surface area contributed by atoms with Crippen molar-refractivity contribution in [2.24, 2.45) is 4.99 Å². The van der Waals surface area contributed by atoms with E-state index in [9.17, 15) is 24.5 Å². The molecule has 0 unspecified atom stereocenters. The van der Waals surface area contributed by atoms with Crippen molar-refractivity contribution in [1.82, 2.24) is 4.57 Å². The molecular weight excluding hydrogens is 654 g/mol. The van der Waals surface area contributed by atoms with E-state index in [1.165, 1.54) is 29.9 Å². The number of hydrogen-bond acceptors (Lipinski definition) is 12. The van der Waals surface area contributed by atoms with Crippen molar-refractivity contribution in [3.63, 3.8) is 0 Å². The van der Waals surface area contributed by atoms with Gasteiger partial charge in [0.15, 0.2) is 22.9 Å². The van der Waals surface area contributed by atoms with Gasteiger partial charge in [0.1, 0.15) is 11.5 Å². The minimum absolute atomic E-state index is 0.108. The van der Waals surface area contributed by atoms with Crippen LogP contribution in [0.2, 0.25) is 5.02 Å². The molecule has 15 heteroatoms. The summed E-state index contributed by atoms with van der Waals surface area (Å²) in [6.07, 6.45) is 1.54. The molecule has 0 saturated heterocycles. The van der Waals surface area contributed by atoms with Crippen molar-refractivity contribution < 1.29 is 37.9 Å². The Kier molecular flexibility index (Phi) is 9.92. The minimum Gasteiger partial charge on any atom is -0.490 e. The van der Waals surface area contributed by atoms with Gasteiger partial charge in [0.25, 0.3) is 11.2 Å². The Morgan fingerprint density at radius 1 is 1.11 bits per heavy atom. The van der Waals surface area contributed by atoms with Gasteiger partial charge in [-0.15, -0.1) is 0 Å². The Balaban J connectivity index is 1.60. The number of allylic oxidation sites excluding steroid dienone is 1. The molecule has 4 aromatic rings. The molecule has 2 aromatic carbocycles. The molecule has 0 N–H and O–H groups in total. The number of non-ortho nitro benzene ring substituents is 1. The highest BCUT2D eigenvalue weighted by Crippen LogP contribution is 2.37. The van der Waals surface area contributed by atoms with E-state index in [1.807, 2.05) is 0 Å². The Bertz CT molecular complexity index is 2100. The first-order chi connectivity index (χ1) is 22.6. The van der Waals surface area contributed by atoms with Crippen LogP contribution in [0, 0.1) is 10.1 Å². The fourth-order valence-electron chi connectivity index (χ4n) is 4.91. The lowest BCUT2D eigenvalue weighted by atomic mass is 9.95. The predicted octanol–water partition coefficient (Wildman–Crippen LogP) is 4.57. The molecule has 0 radical (unpaired) electrons. The highest BCUT2D eigenvalue weighted by molar-refractivity contribution is 7.07. The van der Waals surface area contributed by atoms with Gasteiger partial charge in [0.05, 0.1) is 52.1 Å². The number of rotatable bonds is 11. The number of benzene rings is 2. The number of carbonyl (C=O) groups excluding carboxylic acids is 2. The first-order valence-corrected chi connectivity index (χ1v) is 15.5. The lowest BCUT2D eigenvalue weighted by Gasteiger charge is -2.25. The SMILES string of the molecule is CCOC(=O)C1=C(C)N=c2s/c(=C\c3ccc(-c4ccc([N+](=O)[O-])cc4Cl)o3)c(=O)n2[C@@H]1c1ccc(OCC(=O)OC)c(OCC)c1. The van der Waals surface area contributed by atoms with Gasteiger partial charge in [-0.1, -0.05) is 29.0 Å². The second kappa shape index (κ2) is 14.1. The molecule has 5 rings (SSSR count). The van der Waals surface area contributed by atoms with Gasteiger partial charge < -0.3 is 23.4 Å². The molecule has 2 aromatic heterocycles. The zero-order valence-corrected chi connectivity index (χ0v) is 27.2. The van der Waals surface area contributed by atoms with E-state index >= 15 is 0 Å². The van der Waals surface area contributed by atoms with Crippen LogP contribution in [-0.4, -0.2) is 48.4 Å². The normalized spacial score (nSPS) is 14.3. The van der Waals surface area contributed by atoms with Crippen LogP contribution < -0.4 is 24.4 Å². The molecule has 13 nitrogen and oxygen atoms in total. The third-order valence-corrected chi connectivity index (χ3v) is 8.30. The molecule has 0 bridgehead atoms. The number of nitrogens with zero attached hydrogens (tertiary/aromatic N) is 3. The Morgan fingerprint density at radius 3 is 2.57 bits per heavy atom. The van der Waals surface area contributed by atoms with Crippen molar-refractivity contribution in [2.75, 3.05) is 26.9 Å². The molecule has 0 fully saturated rings. The molecule has 1 atom stereocenters. The standard InChI is InChI=1S/C32H28ClN3O10S/c1-5-43-25-13-18(7-11-24(25)45-16-27(37)42-4)29-28(31(39)44-6-2)17(3)34-32-35(29)30(38)26(47-32)15-20-9-12-23(46-20)21-10-8-19(36(40)41)14-22(21)33/h7-15,29H,5-6,16H2,1-4H3/b26-15-/t29-/m1/s1.